The predicted molar refractivity (Wildman–Crippen MR) is 169 cm³/mol. The summed E-state index contributed by atoms with van der Waals surface area (Å²) in [6.45, 7) is 8.13. The molecule has 2 saturated heterocycles. The number of carbonyl (C=O) groups is 4. The Balaban J connectivity index is 1.41. The molecule has 0 radical (unpaired) electrons. The molecule has 3 atom stereocenters. The number of rotatable bonds is 9. The molecular weight excluding hydrogens is 648 g/mol. The van der Waals surface area contributed by atoms with Crippen LogP contribution in [0, 0.1) is 5.41 Å². The van der Waals surface area contributed by atoms with Gasteiger partial charge in [0.05, 0.1) is 13.3 Å². The van der Waals surface area contributed by atoms with E-state index in [0.717, 1.165) is 17.5 Å². The third kappa shape index (κ3) is 7.91. The fourth-order valence-electron chi connectivity index (χ4n) is 4.29. The van der Waals surface area contributed by atoms with Crippen LogP contribution < -0.4 is 20.6 Å². The molecule has 246 valence electrons. The molecule has 2 amide bonds. The van der Waals surface area contributed by atoms with Crippen molar-refractivity contribution < 1.29 is 38.2 Å². The van der Waals surface area contributed by atoms with Gasteiger partial charge in [0.1, 0.15) is 39.8 Å². The highest BCUT2D eigenvalue weighted by Gasteiger charge is 2.58. The highest BCUT2D eigenvalue weighted by molar-refractivity contribution is 8.01. The summed E-state index contributed by atoms with van der Waals surface area (Å²) < 4.78 is 16.1. The quantitative estimate of drug-likeness (QED) is 0.0656. The first kappa shape index (κ1) is 34.5. The molecule has 2 fully saturated rings. The normalized spacial score (nSPS) is 23.4. The second-order valence-electron chi connectivity index (χ2n) is 12.1. The number of nitrogens with two attached hydrogens (primary N) is 1. The number of nitrogens with zero attached hydrogens (tertiary/aromatic N) is 3. The van der Waals surface area contributed by atoms with E-state index in [1.807, 2.05) is 0 Å². The molecule has 17 heteroatoms. The molecule has 4 N–H and O–H groups in total. The number of halogens is 1. The minimum absolute atomic E-state index is 0.0402. The van der Waals surface area contributed by atoms with Gasteiger partial charge in [-0.25, -0.2) is 9.80 Å². The molecule has 1 aromatic rings. The minimum Gasteiger partial charge on any atom is -0.497 e. The maximum atomic E-state index is 13.4. The number of nitrogens with one attached hydrogen (secondary N) is 2. The largest absolute Gasteiger partial charge is 0.497 e. The summed E-state index contributed by atoms with van der Waals surface area (Å²) in [6.07, 6.45) is 1.41. The number of amides is 2. The van der Waals surface area contributed by atoms with Gasteiger partial charge in [-0.1, -0.05) is 17.3 Å². The number of β-lactam (4-membered cyclic amide) rings is 1. The lowest BCUT2D eigenvalue weighted by Gasteiger charge is -2.53. The van der Waals surface area contributed by atoms with Gasteiger partial charge in [-0.2, -0.15) is 4.83 Å². The summed E-state index contributed by atoms with van der Waals surface area (Å²) in [5.74, 6) is -1.76. The molecule has 0 bridgehead atoms. The number of amidine groups is 1. The Hall–Kier alpha value is -3.34. The minimum atomic E-state index is -1.55. The second-order valence-corrected chi connectivity index (χ2v) is 14.3. The number of carbonyl (C=O) groups excluding carboxylic acids is 4. The van der Waals surface area contributed by atoms with Gasteiger partial charge >= 0.3 is 11.9 Å². The summed E-state index contributed by atoms with van der Waals surface area (Å²) in [4.78, 5) is 62.3. The molecule has 0 aromatic heterocycles. The Labute approximate surface area is 274 Å². The highest BCUT2D eigenvalue weighted by atomic mass is 35.5. The smallest absolute Gasteiger partial charge is 0.353 e. The Morgan fingerprint density at radius 3 is 2.47 bits per heavy atom. The molecule has 4 rings (SSSR count). The number of fused-ring (bicyclic) bond motifs is 1. The van der Waals surface area contributed by atoms with Gasteiger partial charge in [-0.3, -0.25) is 14.4 Å². The van der Waals surface area contributed by atoms with Gasteiger partial charge < -0.3 is 35.0 Å². The molecule has 14 nitrogen and oxygen atoms in total. The lowest BCUT2D eigenvalue weighted by atomic mass is 9.89. The van der Waals surface area contributed by atoms with Crippen molar-refractivity contribution in [3.8, 4) is 5.75 Å². The first-order chi connectivity index (χ1) is 21.1. The highest BCUT2D eigenvalue weighted by Crippen LogP contribution is 2.43. The molecular formula is C28H37ClN6O8S2. The van der Waals surface area contributed by atoms with Crippen LogP contribution in [0.5, 0.6) is 5.75 Å². The van der Waals surface area contributed by atoms with Crippen LogP contribution in [-0.4, -0.2) is 87.4 Å². The van der Waals surface area contributed by atoms with E-state index in [1.165, 1.54) is 41.7 Å². The van der Waals surface area contributed by atoms with Crippen molar-refractivity contribution in [2.24, 2.45) is 16.3 Å². The molecule has 45 heavy (non-hydrogen) atoms. The number of hydrogen-bond acceptors (Lipinski definition) is 13. The van der Waals surface area contributed by atoms with Crippen molar-refractivity contribution in [2.75, 3.05) is 25.3 Å². The Morgan fingerprint density at radius 1 is 1.20 bits per heavy atom. The van der Waals surface area contributed by atoms with Crippen molar-refractivity contribution in [1.82, 2.24) is 20.1 Å². The van der Waals surface area contributed by atoms with E-state index < -0.39 is 51.8 Å². The standard InChI is InChI=1S/C28H37ClN6O8S2/c1-26(2,3)42-24(38)27(4,5)43-32-20(35-11-18(30)45-33-35)21(36)31-19-22(37)34-14-28(13-29,15-44-23(19)34)25(39)41-12-16-7-9-17(40-6)10-8-16/h7-11,19,23,33H,12-15,30H2,1-6H3,(H,31,36)/t19?,23-,28?/m1/s1. The zero-order valence-corrected chi connectivity index (χ0v) is 28.1. The van der Waals surface area contributed by atoms with E-state index in [2.05, 4.69) is 15.3 Å². The number of ether oxygens (including phenoxy) is 3. The third-order valence-electron chi connectivity index (χ3n) is 6.85. The molecule has 0 aliphatic carbocycles. The Kier molecular flexibility index (Phi) is 10.4. The topological polar surface area (TPSA) is 174 Å². The summed E-state index contributed by atoms with van der Waals surface area (Å²) >= 11 is 8.63. The number of hydrogen-bond donors (Lipinski definition) is 3. The van der Waals surface area contributed by atoms with Crippen LogP contribution >= 0.6 is 35.3 Å². The van der Waals surface area contributed by atoms with Crippen LogP contribution in [0.15, 0.2) is 40.7 Å². The number of thioether (sulfide) groups is 1. The molecule has 2 unspecified atom stereocenters. The van der Waals surface area contributed by atoms with Gasteiger partial charge in [0.2, 0.25) is 11.5 Å². The molecule has 3 aliphatic rings. The van der Waals surface area contributed by atoms with Gasteiger partial charge in [-0.05, 0) is 64.3 Å². The van der Waals surface area contributed by atoms with Crippen molar-refractivity contribution in [1.29, 1.82) is 0 Å². The number of benzene rings is 1. The number of alkyl halides is 1. The second kappa shape index (κ2) is 13.6. The summed E-state index contributed by atoms with van der Waals surface area (Å²) in [5.41, 5.74) is 3.18. The van der Waals surface area contributed by atoms with E-state index in [4.69, 9.17) is 36.4 Å². The average molecular weight is 685 g/mol. The fourth-order valence-corrected chi connectivity index (χ4v) is 6.73. The zero-order valence-electron chi connectivity index (χ0n) is 25.7. The lowest BCUT2D eigenvalue weighted by Crippen LogP contribution is -2.74. The predicted octanol–water partition coefficient (Wildman–Crippen LogP) is 2.04. The van der Waals surface area contributed by atoms with Gasteiger partial charge in [0, 0.05) is 18.2 Å². The van der Waals surface area contributed by atoms with Crippen molar-refractivity contribution >= 4 is 64.9 Å². The number of esters is 2. The molecule has 3 heterocycles. The van der Waals surface area contributed by atoms with E-state index >= 15 is 0 Å². The van der Waals surface area contributed by atoms with Crippen LogP contribution in [0.3, 0.4) is 0 Å². The van der Waals surface area contributed by atoms with Gasteiger partial charge in [-0.15, -0.1) is 23.4 Å². The van der Waals surface area contributed by atoms with Gasteiger partial charge in [0.25, 0.3) is 11.7 Å². The van der Waals surface area contributed by atoms with E-state index in [1.54, 1.807) is 52.1 Å². The van der Waals surface area contributed by atoms with E-state index in [-0.39, 0.29) is 30.6 Å². The maximum absolute atomic E-state index is 13.4. The maximum Gasteiger partial charge on any atom is 0.353 e. The van der Waals surface area contributed by atoms with Crippen molar-refractivity contribution in [3.63, 3.8) is 0 Å². The summed E-state index contributed by atoms with van der Waals surface area (Å²) in [7, 11) is 1.56. The van der Waals surface area contributed by atoms with Gasteiger partial charge in [0.15, 0.2) is 0 Å². The van der Waals surface area contributed by atoms with Crippen molar-refractivity contribution in [3.05, 3.63) is 41.1 Å². The zero-order chi connectivity index (χ0) is 33.2. The van der Waals surface area contributed by atoms with Crippen LogP contribution in [0.1, 0.15) is 40.2 Å². The SMILES string of the molecule is COc1ccc(COC(=O)C2(CCl)CS[C@@H]3C(NC(=O)C(=NOC(C)(C)C(=O)OC(C)(C)C)N4C=C(N)SN4)C(=O)N3C2)cc1. The van der Waals surface area contributed by atoms with Crippen molar-refractivity contribution in [2.45, 2.75) is 63.8 Å². The van der Waals surface area contributed by atoms with E-state index in [9.17, 15) is 19.2 Å². The average Bonchev–Trinajstić information content (AvgIpc) is 3.43. The third-order valence-corrected chi connectivity index (χ3v) is 9.58. The number of methoxy groups -OCH3 is 1. The fraction of sp³-hybridized carbons (Fsp3) is 0.536. The van der Waals surface area contributed by atoms with E-state index in [0.29, 0.717) is 10.8 Å². The van der Waals surface area contributed by atoms with Crippen LogP contribution in [0.4, 0.5) is 0 Å². The first-order valence-electron chi connectivity index (χ1n) is 13.9. The van der Waals surface area contributed by atoms with Crippen LogP contribution in [0.2, 0.25) is 0 Å². The Morgan fingerprint density at radius 2 is 1.89 bits per heavy atom. The van der Waals surface area contributed by atoms with Crippen LogP contribution in [-0.2, 0) is 40.1 Å². The molecule has 3 aliphatic heterocycles. The lowest BCUT2D eigenvalue weighted by molar-refractivity contribution is -0.179. The van der Waals surface area contributed by atoms with Crippen LogP contribution in [0.25, 0.3) is 0 Å². The first-order valence-corrected chi connectivity index (χ1v) is 16.3. The molecule has 0 spiro atoms. The monoisotopic (exact) mass is 684 g/mol. The summed E-state index contributed by atoms with van der Waals surface area (Å²) in [5, 5.41) is 7.75. The molecule has 0 saturated carbocycles. The Bertz CT molecular complexity index is 1390. The summed E-state index contributed by atoms with van der Waals surface area (Å²) in [6, 6.07) is 6.20. The number of hydrazine groups is 1. The molecule has 1 aromatic carbocycles. The number of oxime groups is 1.